The van der Waals surface area contributed by atoms with Crippen LogP contribution in [0.25, 0.3) is 0 Å². The number of carbonyl (C=O) groups is 1. The fourth-order valence-corrected chi connectivity index (χ4v) is 4.60. The summed E-state index contributed by atoms with van der Waals surface area (Å²) >= 11 is 0. The molecule has 0 saturated heterocycles. The van der Waals surface area contributed by atoms with Crippen LogP contribution in [0.5, 0.6) is 11.5 Å². The van der Waals surface area contributed by atoms with Gasteiger partial charge >= 0.3 is 5.97 Å². The zero-order valence-electron chi connectivity index (χ0n) is 23.1. The molecule has 0 radical (unpaired) electrons. The largest absolute Gasteiger partial charge is 0.485 e. The second kappa shape index (κ2) is 16.1. The second-order valence-corrected chi connectivity index (χ2v) is 10.0. The highest BCUT2D eigenvalue weighted by Crippen LogP contribution is 2.30. The molecule has 0 unspecified atom stereocenters. The first-order valence-corrected chi connectivity index (χ1v) is 14.1. The van der Waals surface area contributed by atoms with Crippen molar-refractivity contribution < 1.29 is 19.4 Å². The average Bonchev–Trinajstić information content (AvgIpc) is 2.99. The van der Waals surface area contributed by atoms with Crippen LogP contribution in [0, 0.1) is 0 Å². The molecule has 0 aliphatic carbocycles. The molecule has 0 amide bonds. The number of rotatable bonds is 17. The van der Waals surface area contributed by atoms with E-state index < -0.39 is 5.97 Å². The number of hydrogen-bond donors (Lipinski definition) is 1. The summed E-state index contributed by atoms with van der Waals surface area (Å²) < 4.78 is 12.5. The van der Waals surface area contributed by atoms with Gasteiger partial charge in [0.2, 0.25) is 0 Å². The standard InChI is InChI=1S/C35H39NO4/c37-35(38)19-11-4-12-23-36(26-30-13-5-1-6-14-30)24-22-29-20-21-33(39-27-31-15-7-2-8-16-31)34(25-29)40-28-32-17-9-3-10-18-32/h1-3,5-10,13-18,20-21,25H,4,11-12,19,22-24,26-28H2,(H,37,38). The maximum absolute atomic E-state index is 10.9. The lowest BCUT2D eigenvalue weighted by atomic mass is 10.1. The Kier molecular flexibility index (Phi) is 11.6. The molecule has 4 rings (SSSR count). The van der Waals surface area contributed by atoms with Crippen molar-refractivity contribution in [3.63, 3.8) is 0 Å². The Bertz CT molecular complexity index is 1280. The molecule has 4 aromatic carbocycles. The Morgan fingerprint density at radius 1 is 0.600 bits per heavy atom. The van der Waals surface area contributed by atoms with Gasteiger partial charge in [-0.2, -0.15) is 0 Å². The number of aliphatic carboxylic acids is 1. The fraction of sp³-hybridized carbons (Fsp3) is 0.286. The zero-order chi connectivity index (χ0) is 27.8. The molecule has 5 heteroatoms. The van der Waals surface area contributed by atoms with Crippen molar-refractivity contribution >= 4 is 5.97 Å². The Morgan fingerprint density at radius 2 is 1.18 bits per heavy atom. The Balaban J connectivity index is 1.42. The highest BCUT2D eigenvalue weighted by atomic mass is 16.5. The Hall–Kier alpha value is -4.09. The minimum absolute atomic E-state index is 0.239. The van der Waals surface area contributed by atoms with Crippen LogP contribution in [0.3, 0.4) is 0 Å². The highest BCUT2D eigenvalue weighted by Gasteiger charge is 2.11. The number of carboxylic acid groups (broad SMARTS) is 1. The molecule has 0 spiro atoms. The molecule has 40 heavy (non-hydrogen) atoms. The molecule has 0 aliphatic rings. The second-order valence-electron chi connectivity index (χ2n) is 10.0. The number of ether oxygens (including phenoxy) is 2. The summed E-state index contributed by atoms with van der Waals surface area (Å²) in [4.78, 5) is 13.3. The van der Waals surface area contributed by atoms with E-state index in [1.165, 1.54) is 11.1 Å². The summed E-state index contributed by atoms with van der Waals surface area (Å²) in [6.07, 6.45) is 3.74. The van der Waals surface area contributed by atoms with Gasteiger partial charge < -0.3 is 14.6 Å². The molecule has 0 bridgehead atoms. The molecular formula is C35H39NO4. The topological polar surface area (TPSA) is 59.0 Å². The maximum Gasteiger partial charge on any atom is 0.303 e. The van der Waals surface area contributed by atoms with Crippen LogP contribution in [-0.4, -0.2) is 29.1 Å². The number of nitrogens with zero attached hydrogens (tertiary/aromatic N) is 1. The summed E-state index contributed by atoms with van der Waals surface area (Å²) in [7, 11) is 0. The van der Waals surface area contributed by atoms with Gasteiger partial charge in [0.25, 0.3) is 0 Å². The minimum Gasteiger partial charge on any atom is -0.485 e. The van der Waals surface area contributed by atoms with Gasteiger partial charge in [-0.1, -0.05) is 103 Å². The Morgan fingerprint density at radius 3 is 1.77 bits per heavy atom. The normalized spacial score (nSPS) is 10.9. The molecule has 0 aliphatic heterocycles. The molecular weight excluding hydrogens is 498 g/mol. The molecule has 1 N–H and O–H groups in total. The number of carboxylic acids is 1. The first-order valence-electron chi connectivity index (χ1n) is 14.1. The van der Waals surface area contributed by atoms with Gasteiger partial charge in [-0.15, -0.1) is 0 Å². The molecule has 0 fully saturated rings. The van der Waals surface area contributed by atoms with Crippen LogP contribution >= 0.6 is 0 Å². The van der Waals surface area contributed by atoms with Crippen LogP contribution in [0.2, 0.25) is 0 Å². The molecule has 0 heterocycles. The third-order valence-electron chi connectivity index (χ3n) is 6.81. The first-order chi connectivity index (χ1) is 19.7. The van der Waals surface area contributed by atoms with E-state index in [0.717, 1.165) is 67.9 Å². The molecule has 208 valence electrons. The number of benzene rings is 4. The summed E-state index contributed by atoms with van der Waals surface area (Å²) in [5.41, 5.74) is 4.70. The van der Waals surface area contributed by atoms with Gasteiger partial charge in [0.15, 0.2) is 11.5 Å². The van der Waals surface area contributed by atoms with Crippen molar-refractivity contribution in [2.45, 2.75) is 51.9 Å². The third-order valence-corrected chi connectivity index (χ3v) is 6.81. The van der Waals surface area contributed by atoms with E-state index in [9.17, 15) is 4.79 Å². The van der Waals surface area contributed by atoms with Crippen molar-refractivity contribution in [2.75, 3.05) is 13.1 Å². The van der Waals surface area contributed by atoms with Gasteiger partial charge in [0.1, 0.15) is 13.2 Å². The fourth-order valence-electron chi connectivity index (χ4n) is 4.60. The van der Waals surface area contributed by atoms with E-state index in [-0.39, 0.29) is 6.42 Å². The molecule has 4 aromatic rings. The van der Waals surface area contributed by atoms with Crippen LogP contribution in [0.1, 0.15) is 47.9 Å². The van der Waals surface area contributed by atoms with Gasteiger partial charge in [-0.3, -0.25) is 9.69 Å². The van der Waals surface area contributed by atoms with Gasteiger partial charge in [0, 0.05) is 19.5 Å². The van der Waals surface area contributed by atoms with E-state index >= 15 is 0 Å². The quantitative estimate of drug-likeness (QED) is 0.141. The van der Waals surface area contributed by atoms with E-state index in [2.05, 4.69) is 65.6 Å². The average molecular weight is 538 g/mol. The van der Waals surface area contributed by atoms with Crippen molar-refractivity contribution in [3.05, 3.63) is 131 Å². The monoisotopic (exact) mass is 537 g/mol. The van der Waals surface area contributed by atoms with Gasteiger partial charge in [-0.25, -0.2) is 0 Å². The van der Waals surface area contributed by atoms with E-state index in [1.807, 2.05) is 48.5 Å². The van der Waals surface area contributed by atoms with Gasteiger partial charge in [0.05, 0.1) is 0 Å². The van der Waals surface area contributed by atoms with E-state index in [0.29, 0.717) is 13.2 Å². The SMILES string of the molecule is O=C(O)CCCCCN(CCc1ccc(OCc2ccccc2)c(OCc2ccccc2)c1)Cc1ccccc1. The first kappa shape index (κ1) is 28.9. The lowest BCUT2D eigenvalue weighted by molar-refractivity contribution is -0.137. The smallest absolute Gasteiger partial charge is 0.303 e. The van der Waals surface area contributed by atoms with Crippen LogP contribution in [-0.2, 0) is 31.0 Å². The predicted molar refractivity (Wildman–Crippen MR) is 160 cm³/mol. The Labute approximate surface area is 238 Å². The van der Waals surface area contributed by atoms with Crippen molar-refractivity contribution in [3.8, 4) is 11.5 Å². The summed E-state index contributed by atoms with van der Waals surface area (Å²) in [6, 6.07) is 37.1. The van der Waals surface area contributed by atoms with E-state index in [1.54, 1.807) is 0 Å². The van der Waals surface area contributed by atoms with Crippen LogP contribution in [0.15, 0.2) is 109 Å². The van der Waals surface area contributed by atoms with Crippen LogP contribution in [0.4, 0.5) is 0 Å². The molecule has 0 atom stereocenters. The minimum atomic E-state index is -0.720. The summed E-state index contributed by atoms with van der Waals surface area (Å²) in [6.45, 7) is 3.66. The third kappa shape index (κ3) is 10.2. The molecule has 0 saturated carbocycles. The van der Waals surface area contributed by atoms with Crippen molar-refractivity contribution in [2.24, 2.45) is 0 Å². The lowest BCUT2D eigenvalue weighted by Gasteiger charge is -2.23. The summed E-state index contributed by atoms with van der Waals surface area (Å²) in [5.74, 6) is 0.770. The number of unbranched alkanes of at least 4 members (excludes halogenated alkanes) is 2. The van der Waals surface area contributed by atoms with E-state index in [4.69, 9.17) is 14.6 Å². The maximum atomic E-state index is 10.9. The molecule has 5 nitrogen and oxygen atoms in total. The van der Waals surface area contributed by atoms with Crippen molar-refractivity contribution in [1.29, 1.82) is 0 Å². The van der Waals surface area contributed by atoms with Crippen LogP contribution < -0.4 is 9.47 Å². The predicted octanol–water partition coefficient (Wildman–Crippen LogP) is 7.53. The highest BCUT2D eigenvalue weighted by molar-refractivity contribution is 5.66. The number of hydrogen-bond acceptors (Lipinski definition) is 4. The zero-order valence-corrected chi connectivity index (χ0v) is 23.1. The molecule has 0 aromatic heterocycles. The lowest BCUT2D eigenvalue weighted by Crippen LogP contribution is -2.27. The van der Waals surface area contributed by atoms with Crippen molar-refractivity contribution in [1.82, 2.24) is 4.90 Å². The summed E-state index contributed by atoms with van der Waals surface area (Å²) in [5, 5.41) is 8.93. The van der Waals surface area contributed by atoms with Gasteiger partial charge in [-0.05, 0) is 60.2 Å².